The van der Waals surface area contributed by atoms with E-state index < -0.39 is 15.6 Å². The van der Waals surface area contributed by atoms with Gasteiger partial charge in [0.05, 0.1) is 0 Å². The molecule has 0 aromatic carbocycles. The zero-order chi connectivity index (χ0) is 7.71. The van der Waals surface area contributed by atoms with E-state index in [9.17, 15) is 9.13 Å². The molecule has 0 fully saturated rings. The largest absolute Gasteiger partial charge is 1.00 e. The van der Waals surface area contributed by atoms with Crippen LogP contribution in [0.15, 0.2) is 0 Å². The molecule has 0 radical (unpaired) electrons. The van der Waals surface area contributed by atoms with E-state index in [4.69, 9.17) is 19.6 Å². The minimum atomic E-state index is -5.05. The van der Waals surface area contributed by atoms with E-state index in [2.05, 4.69) is 4.31 Å². The van der Waals surface area contributed by atoms with Crippen LogP contribution in [0.5, 0.6) is 0 Å². The van der Waals surface area contributed by atoms with E-state index in [1.165, 1.54) is 0 Å². The van der Waals surface area contributed by atoms with Crippen LogP contribution in [0.25, 0.3) is 0 Å². The van der Waals surface area contributed by atoms with Crippen molar-refractivity contribution in [2.45, 2.75) is 0 Å². The van der Waals surface area contributed by atoms with Crippen molar-refractivity contribution in [1.82, 2.24) is 0 Å². The highest BCUT2D eigenvalue weighted by molar-refractivity contribution is 7.60. The van der Waals surface area contributed by atoms with Crippen LogP contribution in [-0.2, 0) is 13.4 Å². The first-order valence-electron chi connectivity index (χ1n) is 1.53. The quantitative estimate of drug-likeness (QED) is 0.487. The fourth-order valence-electron chi connectivity index (χ4n) is 0.139. The molecule has 7 nitrogen and oxygen atoms in total. The summed E-state index contributed by atoms with van der Waals surface area (Å²) in [6, 6.07) is 0. The fraction of sp³-hybridized carbons (Fsp3) is 0. The first kappa shape index (κ1) is 18.0. The van der Waals surface area contributed by atoms with E-state index >= 15 is 0 Å². The lowest BCUT2D eigenvalue weighted by Crippen LogP contribution is -1.84. The molecule has 0 aliphatic heterocycles. The minimum Gasteiger partial charge on any atom is -0.302 e. The first-order valence-corrected chi connectivity index (χ1v) is 4.59. The van der Waals surface area contributed by atoms with Crippen molar-refractivity contribution in [3.8, 4) is 0 Å². The molecule has 0 amide bonds. The number of phosphoric acid groups is 2. The van der Waals surface area contributed by atoms with Crippen LogP contribution in [0.2, 0.25) is 0 Å². The van der Waals surface area contributed by atoms with Gasteiger partial charge in [0.1, 0.15) is 0 Å². The molecular formula is H12O7P4+2. The summed E-state index contributed by atoms with van der Waals surface area (Å²) in [4.78, 5) is 31.0. The molecule has 0 aliphatic carbocycles. The van der Waals surface area contributed by atoms with Gasteiger partial charge in [-0.15, -0.1) is 0 Å². The lowest BCUT2D eigenvalue weighted by Gasteiger charge is -2.03. The SMILES string of the molecule is O=P(O)(O)OP(=O)(O)O.P.P.[H+].[H+]. The molecule has 0 saturated carbocycles. The molecule has 0 aliphatic rings. The summed E-state index contributed by atoms with van der Waals surface area (Å²) in [6.45, 7) is 0. The van der Waals surface area contributed by atoms with Gasteiger partial charge in [0.2, 0.25) is 0 Å². The molecule has 0 spiro atoms. The number of hydrogen-bond donors (Lipinski definition) is 4. The van der Waals surface area contributed by atoms with Gasteiger partial charge in [0.15, 0.2) is 0 Å². The van der Waals surface area contributed by atoms with Gasteiger partial charge in [0.25, 0.3) is 0 Å². The van der Waals surface area contributed by atoms with Gasteiger partial charge in [-0.2, -0.15) is 24.1 Å². The van der Waals surface area contributed by atoms with Crippen molar-refractivity contribution in [2.75, 3.05) is 0 Å². The predicted molar refractivity (Wildman–Crippen MR) is 49.6 cm³/mol. The highest BCUT2D eigenvalue weighted by Gasteiger charge is 2.27. The standard InChI is InChI=1S/H4O7P2.2H3P/c1-8(2,3)7-9(4,5)6;;/h(H2,1,2,3)(H2,4,5,6);2*1H3/p+2. The van der Waals surface area contributed by atoms with Gasteiger partial charge in [-0.05, 0) is 0 Å². The Hall–Kier alpha value is 1.12. The summed E-state index contributed by atoms with van der Waals surface area (Å²) < 4.78 is 22.2. The Balaban J connectivity index is -0.0000000533. The average Bonchev–Trinajstić information content (AvgIpc) is 1.14. The molecule has 2 unspecified atom stereocenters. The maximum atomic E-state index is 9.63. The molecule has 0 aromatic heterocycles. The third-order valence-electron chi connectivity index (χ3n) is 0.213. The smallest absolute Gasteiger partial charge is 0.302 e. The van der Waals surface area contributed by atoms with Gasteiger partial charge in [-0.25, -0.2) is 9.13 Å². The van der Waals surface area contributed by atoms with Crippen LogP contribution in [0.3, 0.4) is 0 Å². The van der Waals surface area contributed by atoms with Gasteiger partial charge in [-0.3, -0.25) is 0 Å². The summed E-state index contributed by atoms with van der Waals surface area (Å²) in [5.41, 5.74) is 0. The van der Waals surface area contributed by atoms with Crippen LogP contribution >= 0.6 is 35.4 Å². The normalized spacial score (nSPS) is 11.3. The van der Waals surface area contributed by atoms with Gasteiger partial charge in [0, 0.05) is 0 Å². The molecule has 11 heavy (non-hydrogen) atoms. The lowest BCUT2D eigenvalue weighted by atomic mass is 15.7. The monoisotopic (exact) mass is 248 g/mol. The Morgan fingerprint density at radius 3 is 1.09 bits per heavy atom. The Labute approximate surface area is 72.2 Å². The van der Waals surface area contributed by atoms with Crippen molar-refractivity contribution in [1.29, 1.82) is 0 Å². The Morgan fingerprint density at radius 2 is 1.09 bits per heavy atom. The van der Waals surface area contributed by atoms with Crippen LogP contribution in [0.4, 0.5) is 0 Å². The minimum absolute atomic E-state index is 0. The van der Waals surface area contributed by atoms with Crippen molar-refractivity contribution < 1.29 is 35.9 Å². The van der Waals surface area contributed by atoms with Crippen LogP contribution in [0, 0.1) is 0 Å². The maximum Gasteiger partial charge on any atom is 1.00 e. The predicted octanol–water partition coefficient (Wildman–Crippen LogP) is -0.470. The second-order valence-electron chi connectivity index (χ2n) is 1.06. The lowest BCUT2D eigenvalue weighted by molar-refractivity contribution is 0.225. The molecule has 0 heterocycles. The molecule has 0 saturated heterocycles. The van der Waals surface area contributed by atoms with E-state index in [1.807, 2.05) is 0 Å². The summed E-state index contributed by atoms with van der Waals surface area (Å²) >= 11 is 0. The molecule has 11 heteroatoms. The van der Waals surface area contributed by atoms with Gasteiger partial charge < -0.3 is 19.6 Å². The van der Waals surface area contributed by atoms with E-state index in [1.54, 1.807) is 0 Å². The first-order chi connectivity index (χ1) is 3.71. The van der Waals surface area contributed by atoms with E-state index in [0.717, 1.165) is 0 Å². The van der Waals surface area contributed by atoms with E-state index in [-0.39, 0.29) is 22.7 Å². The van der Waals surface area contributed by atoms with Crippen LogP contribution in [0.1, 0.15) is 2.85 Å². The molecule has 0 aromatic rings. The second-order valence-corrected chi connectivity index (χ2v) is 3.68. The second kappa shape index (κ2) is 5.71. The number of hydrogen-bond acceptors (Lipinski definition) is 3. The molecular weight excluding hydrogens is 236 g/mol. The zero-order valence-corrected chi connectivity index (χ0v) is 9.94. The highest BCUT2D eigenvalue weighted by Crippen LogP contribution is 2.53. The Bertz CT molecular complexity index is 159. The third-order valence-corrected chi connectivity index (χ3v) is 1.91. The van der Waals surface area contributed by atoms with E-state index in [0.29, 0.717) is 0 Å². The molecule has 4 N–H and O–H groups in total. The van der Waals surface area contributed by atoms with Crippen molar-refractivity contribution in [3.63, 3.8) is 0 Å². The fourth-order valence-corrected chi connectivity index (χ4v) is 1.25. The Kier molecular flexibility index (Phi) is 9.36. The summed E-state index contributed by atoms with van der Waals surface area (Å²) in [5.74, 6) is 0. The molecule has 0 bridgehead atoms. The number of rotatable bonds is 2. The molecule has 0 rings (SSSR count). The summed E-state index contributed by atoms with van der Waals surface area (Å²) in [6.07, 6.45) is 0. The molecule has 72 valence electrons. The maximum absolute atomic E-state index is 9.63. The van der Waals surface area contributed by atoms with Crippen molar-refractivity contribution >= 4 is 35.4 Å². The topological polar surface area (TPSA) is 124 Å². The highest BCUT2D eigenvalue weighted by atomic mass is 31.3. The van der Waals surface area contributed by atoms with Crippen LogP contribution < -0.4 is 0 Å². The zero-order valence-electron chi connectivity index (χ0n) is 7.32. The third kappa shape index (κ3) is 18.2. The Morgan fingerprint density at radius 1 is 0.909 bits per heavy atom. The van der Waals surface area contributed by atoms with Crippen molar-refractivity contribution in [2.24, 2.45) is 0 Å². The average molecular weight is 248 g/mol. The van der Waals surface area contributed by atoms with Gasteiger partial charge in [-0.1, -0.05) is 0 Å². The summed E-state index contributed by atoms with van der Waals surface area (Å²) in [5, 5.41) is 0. The van der Waals surface area contributed by atoms with Gasteiger partial charge >= 0.3 is 18.5 Å². The molecule has 2 atom stereocenters. The summed E-state index contributed by atoms with van der Waals surface area (Å²) in [7, 11) is -10.1. The van der Waals surface area contributed by atoms with Crippen LogP contribution in [-0.4, -0.2) is 19.6 Å². The van der Waals surface area contributed by atoms with Crippen molar-refractivity contribution in [3.05, 3.63) is 0 Å².